The molecule has 0 amide bonds. The van der Waals surface area contributed by atoms with E-state index in [1.807, 2.05) is 18.2 Å². The second-order valence-corrected chi connectivity index (χ2v) is 2.12. The molecule has 1 N–H and O–H groups in total. The van der Waals surface area contributed by atoms with Gasteiger partial charge in [0.05, 0.1) is 0 Å². The van der Waals surface area contributed by atoms with Crippen LogP contribution in [0.3, 0.4) is 0 Å². The van der Waals surface area contributed by atoms with Crippen molar-refractivity contribution in [3.8, 4) is 0 Å². The largest absolute Gasteiger partial charge is 0.394 e. The van der Waals surface area contributed by atoms with E-state index in [1.54, 1.807) is 26.2 Å². The van der Waals surface area contributed by atoms with Gasteiger partial charge in [0.15, 0.2) is 0 Å². The standard InChI is InChI=1S/C5H5N.C3H8O/c1-2-4-6-5-3-1;1-3(2)4/h1-5H;3-4H,1-2H3. The van der Waals surface area contributed by atoms with Gasteiger partial charge in [-0.05, 0) is 26.0 Å². The quantitative estimate of drug-likeness (QED) is 0.590. The van der Waals surface area contributed by atoms with Crippen molar-refractivity contribution in [3.05, 3.63) is 30.6 Å². The van der Waals surface area contributed by atoms with Gasteiger partial charge < -0.3 is 5.11 Å². The summed E-state index contributed by atoms with van der Waals surface area (Å²) in [5.74, 6) is 0. The first-order chi connectivity index (χ1) is 4.73. The fraction of sp³-hybridized carbons (Fsp3) is 0.375. The van der Waals surface area contributed by atoms with Crippen molar-refractivity contribution in [2.75, 3.05) is 0 Å². The summed E-state index contributed by atoms with van der Waals surface area (Å²) in [4.78, 5) is 3.78. The van der Waals surface area contributed by atoms with Crippen molar-refractivity contribution in [3.63, 3.8) is 0 Å². The third-order valence-corrected chi connectivity index (χ3v) is 0.566. The maximum absolute atomic E-state index is 8.06. The lowest BCUT2D eigenvalue weighted by molar-refractivity contribution is 0.216. The number of aliphatic hydroxyl groups excluding tert-OH is 1. The van der Waals surface area contributed by atoms with Crippen LogP contribution in [-0.2, 0) is 0 Å². The summed E-state index contributed by atoms with van der Waals surface area (Å²) in [6, 6.07) is 5.72. The maximum Gasteiger partial charge on any atom is 0.0483 e. The van der Waals surface area contributed by atoms with Gasteiger partial charge in [-0.1, -0.05) is 6.07 Å². The van der Waals surface area contributed by atoms with Crippen LogP contribution in [0.4, 0.5) is 0 Å². The van der Waals surface area contributed by atoms with Crippen LogP contribution in [0.2, 0.25) is 0 Å². The molecule has 0 radical (unpaired) electrons. The molecule has 1 rings (SSSR count). The molecule has 56 valence electrons. The Hall–Kier alpha value is -0.890. The normalized spacial score (nSPS) is 8.40. The second kappa shape index (κ2) is 6.23. The van der Waals surface area contributed by atoms with Crippen LogP contribution in [0.15, 0.2) is 30.6 Å². The topological polar surface area (TPSA) is 33.1 Å². The van der Waals surface area contributed by atoms with Crippen LogP contribution in [0.5, 0.6) is 0 Å². The second-order valence-electron chi connectivity index (χ2n) is 2.12. The first-order valence-corrected chi connectivity index (χ1v) is 3.26. The minimum Gasteiger partial charge on any atom is -0.394 e. The summed E-state index contributed by atoms with van der Waals surface area (Å²) in [5, 5.41) is 8.06. The minimum absolute atomic E-state index is 0.167. The number of hydrogen-bond donors (Lipinski definition) is 1. The van der Waals surface area contributed by atoms with E-state index in [1.165, 1.54) is 0 Å². The van der Waals surface area contributed by atoms with Gasteiger partial charge >= 0.3 is 0 Å². The van der Waals surface area contributed by atoms with E-state index in [0.717, 1.165) is 0 Å². The highest BCUT2D eigenvalue weighted by Crippen LogP contribution is 1.73. The Labute approximate surface area is 61.5 Å². The predicted molar refractivity (Wildman–Crippen MR) is 41.6 cm³/mol. The number of nitrogens with zero attached hydrogens (tertiary/aromatic N) is 1. The molecule has 0 saturated carbocycles. The van der Waals surface area contributed by atoms with Gasteiger partial charge in [0.1, 0.15) is 0 Å². The van der Waals surface area contributed by atoms with E-state index < -0.39 is 0 Å². The number of pyridine rings is 1. The maximum atomic E-state index is 8.06. The third-order valence-electron chi connectivity index (χ3n) is 0.566. The van der Waals surface area contributed by atoms with Gasteiger partial charge in [0.2, 0.25) is 0 Å². The van der Waals surface area contributed by atoms with E-state index >= 15 is 0 Å². The lowest BCUT2D eigenvalue weighted by atomic mass is 10.5. The summed E-state index contributed by atoms with van der Waals surface area (Å²) in [5.41, 5.74) is 0. The van der Waals surface area contributed by atoms with Crippen molar-refractivity contribution < 1.29 is 5.11 Å². The van der Waals surface area contributed by atoms with Gasteiger partial charge in [-0.2, -0.15) is 0 Å². The molecule has 0 unspecified atom stereocenters. The molecule has 1 aromatic rings. The summed E-state index contributed by atoms with van der Waals surface area (Å²) in [6.45, 7) is 3.44. The van der Waals surface area contributed by atoms with Crippen molar-refractivity contribution in [2.45, 2.75) is 20.0 Å². The van der Waals surface area contributed by atoms with Crippen molar-refractivity contribution in [1.82, 2.24) is 4.98 Å². The van der Waals surface area contributed by atoms with E-state index in [-0.39, 0.29) is 6.10 Å². The molecule has 1 heterocycles. The van der Waals surface area contributed by atoms with Gasteiger partial charge in [0, 0.05) is 18.5 Å². The van der Waals surface area contributed by atoms with Crippen LogP contribution >= 0.6 is 0 Å². The third kappa shape index (κ3) is 10.2. The van der Waals surface area contributed by atoms with Crippen LogP contribution in [0.1, 0.15) is 13.8 Å². The van der Waals surface area contributed by atoms with E-state index in [2.05, 4.69) is 4.98 Å². The molecular formula is C8H13NO. The molecule has 0 saturated heterocycles. The number of rotatable bonds is 0. The molecule has 0 bridgehead atoms. The molecule has 0 aromatic carbocycles. The molecule has 0 aliphatic heterocycles. The van der Waals surface area contributed by atoms with Crippen molar-refractivity contribution >= 4 is 0 Å². The van der Waals surface area contributed by atoms with Gasteiger partial charge in [0.25, 0.3) is 0 Å². The van der Waals surface area contributed by atoms with Crippen LogP contribution in [0.25, 0.3) is 0 Å². The average molecular weight is 139 g/mol. The molecule has 2 heteroatoms. The minimum atomic E-state index is -0.167. The zero-order valence-electron chi connectivity index (χ0n) is 6.36. The molecule has 2 nitrogen and oxygen atoms in total. The highest BCUT2D eigenvalue weighted by Gasteiger charge is 1.69. The fourth-order valence-corrected chi connectivity index (χ4v) is 0.313. The smallest absolute Gasteiger partial charge is 0.0483 e. The first kappa shape index (κ1) is 9.11. The molecule has 0 spiro atoms. The average Bonchev–Trinajstić information content (AvgIpc) is 1.90. The van der Waals surface area contributed by atoms with Crippen molar-refractivity contribution in [1.29, 1.82) is 0 Å². The molecule has 0 aliphatic carbocycles. The lowest BCUT2D eigenvalue weighted by Gasteiger charge is -1.80. The van der Waals surface area contributed by atoms with Crippen LogP contribution in [-0.4, -0.2) is 16.2 Å². The number of aliphatic hydroxyl groups is 1. The Morgan fingerprint density at radius 1 is 1.10 bits per heavy atom. The Balaban J connectivity index is 0.000000180. The van der Waals surface area contributed by atoms with E-state index in [9.17, 15) is 0 Å². The predicted octanol–water partition coefficient (Wildman–Crippen LogP) is 1.47. The highest BCUT2D eigenvalue weighted by atomic mass is 16.3. The Kier molecular flexibility index (Phi) is 5.68. The number of hydrogen-bond acceptors (Lipinski definition) is 2. The Morgan fingerprint density at radius 3 is 1.60 bits per heavy atom. The Morgan fingerprint density at radius 2 is 1.50 bits per heavy atom. The zero-order chi connectivity index (χ0) is 7.82. The summed E-state index contributed by atoms with van der Waals surface area (Å²) < 4.78 is 0. The monoisotopic (exact) mass is 139 g/mol. The van der Waals surface area contributed by atoms with Crippen LogP contribution < -0.4 is 0 Å². The van der Waals surface area contributed by atoms with Gasteiger partial charge in [-0.3, -0.25) is 4.98 Å². The highest BCUT2D eigenvalue weighted by molar-refractivity contribution is 4.88. The molecule has 0 atom stereocenters. The van der Waals surface area contributed by atoms with E-state index in [0.29, 0.717) is 0 Å². The molecule has 10 heavy (non-hydrogen) atoms. The van der Waals surface area contributed by atoms with Crippen molar-refractivity contribution in [2.24, 2.45) is 0 Å². The van der Waals surface area contributed by atoms with Crippen LogP contribution in [0, 0.1) is 0 Å². The number of aromatic nitrogens is 1. The zero-order valence-corrected chi connectivity index (χ0v) is 6.36. The first-order valence-electron chi connectivity index (χ1n) is 3.26. The van der Waals surface area contributed by atoms with Gasteiger partial charge in [-0.15, -0.1) is 0 Å². The SMILES string of the molecule is CC(C)O.c1ccncc1. The fourth-order valence-electron chi connectivity index (χ4n) is 0.313. The summed E-state index contributed by atoms with van der Waals surface area (Å²) in [7, 11) is 0. The van der Waals surface area contributed by atoms with Gasteiger partial charge in [-0.25, -0.2) is 0 Å². The molecular weight excluding hydrogens is 126 g/mol. The van der Waals surface area contributed by atoms with E-state index in [4.69, 9.17) is 5.11 Å². The lowest BCUT2D eigenvalue weighted by Crippen LogP contribution is -1.85. The summed E-state index contributed by atoms with van der Waals surface area (Å²) >= 11 is 0. The Bertz CT molecular complexity index is 110. The molecule has 1 aromatic heterocycles. The molecule has 0 fully saturated rings. The summed E-state index contributed by atoms with van der Waals surface area (Å²) in [6.07, 6.45) is 3.33. The molecule has 0 aliphatic rings.